The Kier molecular flexibility index (Phi) is 2.97. The zero-order chi connectivity index (χ0) is 12.4. The van der Waals surface area contributed by atoms with Crippen LogP contribution in [-0.4, -0.2) is 22.1 Å². The molecule has 0 unspecified atom stereocenters. The summed E-state index contributed by atoms with van der Waals surface area (Å²) in [6.07, 6.45) is 3.87. The van der Waals surface area contributed by atoms with Crippen LogP contribution in [0.4, 0.5) is 0 Å². The summed E-state index contributed by atoms with van der Waals surface area (Å²) in [6.45, 7) is 3.75. The molecule has 0 radical (unpaired) electrons. The molecule has 0 aliphatic rings. The van der Waals surface area contributed by atoms with Crippen molar-refractivity contribution < 1.29 is 9.90 Å². The Hall–Kier alpha value is -2.07. The summed E-state index contributed by atoms with van der Waals surface area (Å²) in [6, 6.07) is 4.93. The molecule has 0 saturated heterocycles. The van der Waals surface area contributed by atoms with Gasteiger partial charge in [0.05, 0.1) is 0 Å². The first-order valence-electron chi connectivity index (χ1n) is 5.33. The van der Waals surface area contributed by atoms with E-state index in [4.69, 9.17) is 10.8 Å². The smallest absolute Gasteiger partial charge is 0.320 e. The first-order valence-corrected chi connectivity index (χ1v) is 5.33. The van der Waals surface area contributed by atoms with E-state index in [1.54, 1.807) is 12.3 Å². The molecule has 88 valence electrons. The van der Waals surface area contributed by atoms with Crippen molar-refractivity contribution in [1.82, 2.24) is 4.98 Å². The number of nitrogens with two attached hydrogens (primary N) is 1. The van der Waals surface area contributed by atoms with Gasteiger partial charge in [0.1, 0.15) is 6.04 Å². The van der Waals surface area contributed by atoms with Crippen LogP contribution in [0.2, 0.25) is 0 Å². The van der Waals surface area contributed by atoms with E-state index in [0.717, 1.165) is 22.0 Å². The average molecular weight is 230 g/mol. The molecular formula is C13H14N2O2. The number of rotatable bonds is 4. The lowest BCUT2D eigenvalue weighted by atomic mass is 10.0. The number of aromatic nitrogens is 1. The number of H-pyrrole nitrogens is 1. The molecule has 0 bridgehead atoms. The van der Waals surface area contributed by atoms with Gasteiger partial charge in [0.15, 0.2) is 0 Å². The van der Waals surface area contributed by atoms with Gasteiger partial charge >= 0.3 is 5.97 Å². The van der Waals surface area contributed by atoms with Gasteiger partial charge in [0.2, 0.25) is 0 Å². The summed E-state index contributed by atoms with van der Waals surface area (Å²) in [5, 5.41) is 9.82. The van der Waals surface area contributed by atoms with Crippen molar-refractivity contribution in [3.63, 3.8) is 0 Å². The predicted molar refractivity (Wildman–Crippen MR) is 67.7 cm³/mol. The van der Waals surface area contributed by atoms with Gasteiger partial charge in [0.25, 0.3) is 0 Å². The van der Waals surface area contributed by atoms with E-state index in [0.29, 0.717) is 6.42 Å². The third-order valence-corrected chi connectivity index (χ3v) is 2.80. The summed E-state index contributed by atoms with van der Waals surface area (Å²) < 4.78 is 0. The van der Waals surface area contributed by atoms with Crippen molar-refractivity contribution >= 4 is 22.9 Å². The van der Waals surface area contributed by atoms with Gasteiger partial charge in [-0.05, 0) is 17.2 Å². The molecule has 4 nitrogen and oxygen atoms in total. The van der Waals surface area contributed by atoms with E-state index >= 15 is 0 Å². The molecule has 2 rings (SSSR count). The SMILES string of the molecule is C=Cc1cccc2[nH]cc(C[C@H](N)C(=O)O)c12. The lowest BCUT2D eigenvalue weighted by Gasteiger charge is -2.06. The van der Waals surface area contributed by atoms with Gasteiger partial charge in [-0.25, -0.2) is 0 Å². The van der Waals surface area contributed by atoms with Crippen molar-refractivity contribution in [1.29, 1.82) is 0 Å². The molecule has 0 aliphatic heterocycles. The second kappa shape index (κ2) is 4.43. The molecule has 1 heterocycles. The van der Waals surface area contributed by atoms with Crippen LogP contribution >= 0.6 is 0 Å². The molecule has 0 saturated carbocycles. The van der Waals surface area contributed by atoms with Crippen molar-refractivity contribution in [3.8, 4) is 0 Å². The summed E-state index contributed by atoms with van der Waals surface area (Å²) >= 11 is 0. The van der Waals surface area contributed by atoms with Crippen molar-refractivity contribution in [2.24, 2.45) is 5.73 Å². The van der Waals surface area contributed by atoms with Crippen LogP contribution < -0.4 is 5.73 Å². The largest absolute Gasteiger partial charge is 0.480 e. The molecule has 1 aromatic heterocycles. The van der Waals surface area contributed by atoms with Gasteiger partial charge in [-0.2, -0.15) is 0 Å². The number of carboxylic acid groups (broad SMARTS) is 1. The summed E-state index contributed by atoms with van der Waals surface area (Å²) in [7, 11) is 0. The zero-order valence-electron chi connectivity index (χ0n) is 9.31. The highest BCUT2D eigenvalue weighted by atomic mass is 16.4. The second-order valence-corrected chi connectivity index (χ2v) is 3.94. The molecule has 1 atom stereocenters. The predicted octanol–water partition coefficient (Wildman–Crippen LogP) is 1.77. The molecule has 17 heavy (non-hydrogen) atoms. The maximum Gasteiger partial charge on any atom is 0.320 e. The number of benzene rings is 1. The minimum atomic E-state index is -0.990. The molecule has 0 amide bonds. The number of aromatic amines is 1. The highest BCUT2D eigenvalue weighted by Crippen LogP contribution is 2.24. The third kappa shape index (κ3) is 2.07. The van der Waals surface area contributed by atoms with Crippen LogP contribution in [0.5, 0.6) is 0 Å². The van der Waals surface area contributed by atoms with Crippen molar-refractivity contribution in [2.75, 3.05) is 0 Å². The molecule has 0 aliphatic carbocycles. The van der Waals surface area contributed by atoms with E-state index < -0.39 is 12.0 Å². The number of carbonyl (C=O) groups is 1. The van der Waals surface area contributed by atoms with Crippen molar-refractivity contribution in [2.45, 2.75) is 12.5 Å². The number of hydrogen-bond donors (Lipinski definition) is 3. The lowest BCUT2D eigenvalue weighted by Crippen LogP contribution is -2.32. The highest BCUT2D eigenvalue weighted by molar-refractivity contribution is 5.91. The standard InChI is InChI=1S/C13H14N2O2/c1-2-8-4-3-5-11-12(8)9(7-15-11)6-10(14)13(16)17/h2-5,7,10,15H,1,6,14H2,(H,16,17)/t10-/m0/s1. The molecule has 2 aromatic rings. The number of hydrogen-bond acceptors (Lipinski definition) is 2. The fourth-order valence-corrected chi connectivity index (χ4v) is 1.94. The van der Waals surface area contributed by atoms with Crippen LogP contribution in [0, 0.1) is 0 Å². The quantitative estimate of drug-likeness (QED) is 0.748. The molecule has 1 aromatic carbocycles. The van der Waals surface area contributed by atoms with E-state index in [1.807, 2.05) is 18.2 Å². The van der Waals surface area contributed by atoms with E-state index in [2.05, 4.69) is 11.6 Å². The highest BCUT2D eigenvalue weighted by Gasteiger charge is 2.15. The monoisotopic (exact) mass is 230 g/mol. The minimum absolute atomic E-state index is 0.306. The Morgan fingerprint density at radius 3 is 3.00 bits per heavy atom. The molecular weight excluding hydrogens is 216 g/mol. The summed E-state index contributed by atoms with van der Waals surface area (Å²) in [4.78, 5) is 13.9. The van der Waals surface area contributed by atoms with Crippen LogP contribution in [-0.2, 0) is 11.2 Å². The van der Waals surface area contributed by atoms with Crippen LogP contribution in [0.25, 0.3) is 17.0 Å². The summed E-state index contributed by atoms with van der Waals surface area (Å²) in [5.74, 6) is -0.990. The minimum Gasteiger partial charge on any atom is -0.480 e. The fraction of sp³-hybridized carbons (Fsp3) is 0.154. The number of aliphatic carboxylic acids is 1. The number of carboxylic acids is 1. The van der Waals surface area contributed by atoms with E-state index in [9.17, 15) is 4.79 Å². The normalized spacial score (nSPS) is 12.5. The Labute approximate surface area is 98.8 Å². The maximum atomic E-state index is 10.8. The maximum absolute atomic E-state index is 10.8. The molecule has 4 N–H and O–H groups in total. The molecule has 0 spiro atoms. The van der Waals surface area contributed by atoms with E-state index in [1.165, 1.54) is 0 Å². The number of fused-ring (bicyclic) bond motifs is 1. The lowest BCUT2D eigenvalue weighted by molar-refractivity contribution is -0.138. The molecule has 4 heteroatoms. The topological polar surface area (TPSA) is 79.1 Å². The van der Waals surface area contributed by atoms with Crippen LogP contribution in [0.1, 0.15) is 11.1 Å². The van der Waals surface area contributed by atoms with Gasteiger partial charge in [0, 0.05) is 23.5 Å². The number of nitrogens with one attached hydrogen (secondary N) is 1. The van der Waals surface area contributed by atoms with Gasteiger partial charge in [-0.1, -0.05) is 24.8 Å². The second-order valence-electron chi connectivity index (χ2n) is 3.94. The van der Waals surface area contributed by atoms with Crippen molar-refractivity contribution in [3.05, 3.63) is 42.1 Å². The first kappa shape index (κ1) is 11.4. The zero-order valence-corrected chi connectivity index (χ0v) is 9.31. The Morgan fingerprint density at radius 1 is 1.59 bits per heavy atom. The Balaban J connectivity index is 2.48. The van der Waals surface area contributed by atoms with E-state index in [-0.39, 0.29) is 0 Å². The third-order valence-electron chi connectivity index (χ3n) is 2.80. The van der Waals surface area contributed by atoms with Gasteiger partial charge < -0.3 is 15.8 Å². The fourth-order valence-electron chi connectivity index (χ4n) is 1.94. The summed E-state index contributed by atoms with van der Waals surface area (Å²) in [5.41, 5.74) is 8.41. The van der Waals surface area contributed by atoms with Gasteiger partial charge in [-0.15, -0.1) is 0 Å². The molecule has 0 fully saturated rings. The van der Waals surface area contributed by atoms with Gasteiger partial charge in [-0.3, -0.25) is 4.79 Å². The Bertz CT molecular complexity index is 572. The first-order chi connectivity index (χ1) is 8.13. The van der Waals surface area contributed by atoms with Crippen LogP contribution in [0.3, 0.4) is 0 Å². The van der Waals surface area contributed by atoms with Crippen LogP contribution in [0.15, 0.2) is 31.0 Å². The Morgan fingerprint density at radius 2 is 2.35 bits per heavy atom. The average Bonchev–Trinajstić information content (AvgIpc) is 2.72.